The van der Waals surface area contributed by atoms with Crippen molar-refractivity contribution in [1.82, 2.24) is 9.78 Å². The number of carbonyl (C=O) groups is 2. The van der Waals surface area contributed by atoms with E-state index in [-0.39, 0.29) is 52.6 Å². The third kappa shape index (κ3) is 7.92. The molecule has 0 spiro atoms. The number of hydrogen-bond donors (Lipinski definition) is 1. The van der Waals surface area contributed by atoms with Gasteiger partial charge in [-0.1, -0.05) is 97.1 Å². The normalized spacial score (nSPS) is 13.7. The molecule has 1 fully saturated rings. The van der Waals surface area contributed by atoms with Gasteiger partial charge in [-0.05, 0) is 72.0 Å². The van der Waals surface area contributed by atoms with Gasteiger partial charge >= 0.3 is 12.1 Å². The van der Waals surface area contributed by atoms with Crippen LogP contribution < -0.4 is 10.2 Å². The van der Waals surface area contributed by atoms with Crippen LogP contribution in [0.1, 0.15) is 39.9 Å². The van der Waals surface area contributed by atoms with E-state index in [9.17, 15) is 45.7 Å². The number of nitrogens with zero attached hydrogens (tertiary/aromatic N) is 4. The van der Waals surface area contributed by atoms with Crippen LogP contribution >= 0.6 is 0 Å². The fourth-order valence-electron chi connectivity index (χ4n) is 8.04. The highest BCUT2D eigenvalue weighted by molar-refractivity contribution is 7.91. The summed E-state index contributed by atoms with van der Waals surface area (Å²) in [5.74, 6) is -4.53. The maximum absolute atomic E-state index is 14.7. The predicted octanol–water partition coefficient (Wildman–Crippen LogP) is 9.08. The Kier molecular flexibility index (Phi) is 11.4. The van der Waals surface area contributed by atoms with Gasteiger partial charge < -0.3 is 15.0 Å². The topological polar surface area (TPSA) is 154 Å². The van der Waals surface area contributed by atoms with Crippen molar-refractivity contribution in [3.63, 3.8) is 0 Å². The number of aromatic nitrogens is 2. The van der Waals surface area contributed by atoms with Crippen molar-refractivity contribution in [2.45, 2.75) is 40.4 Å². The van der Waals surface area contributed by atoms with Crippen LogP contribution in [0.4, 0.5) is 34.8 Å². The summed E-state index contributed by atoms with van der Waals surface area (Å²) in [5.41, 5.74) is -0.901. The number of alkyl halides is 3. The predicted molar refractivity (Wildman–Crippen MR) is 225 cm³/mol. The van der Waals surface area contributed by atoms with Crippen LogP contribution in [0.25, 0.3) is 10.9 Å². The number of fused-ring (bicyclic) bond motifs is 1. The first-order valence-corrected chi connectivity index (χ1v) is 21.0. The number of sulfone groups is 1. The van der Waals surface area contributed by atoms with Gasteiger partial charge in [0.2, 0.25) is 9.84 Å². The summed E-state index contributed by atoms with van der Waals surface area (Å²) in [6.07, 6.45) is -5.57. The molecule has 0 bridgehead atoms. The highest BCUT2D eigenvalue weighted by atomic mass is 32.2. The van der Waals surface area contributed by atoms with Gasteiger partial charge in [0.15, 0.2) is 5.82 Å². The maximum Gasteiger partial charge on any atom is 0.471 e. The molecule has 17 heteroatoms. The van der Waals surface area contributed by atoms with Crippen LogP contribution in [-0.4, -0.2) is 60.4 Å². The number of halogens is 4. The lowest BCUT2D eigenvalue weighted by Gasteiger charge is -2.37. The molecule has 2 heterocycles. The van der Waals surface area contributed by atoms with Crippen LogP contribution in [0.15, 0.2) is 161 Å². The van der Waals surface area contributed by atoms with Crippen LogP contribution in [-0.2, 0) is 24.9 Å². The minimum atomic E-state index is -5.44. The summed E-state index contributed by atoms with van der Waals surface area (Å²) < 4.78 is 92.5. The molecule has 12 nitrogen and oxygen atoms in total. The smallest absolute Gasteiger partial charge is 0.381 e. The molecule has 0 unspecified atom stereocenters. The first-order valence-electron chi connectivity index (χ1n) is 19.5. The largest absolute Gasteiger partial charge is 0.471 e. The number of ether oxygens (including phenoxy) is 1. The van der Waals surface area contributed by atoms with Crippen molar-refractivity contribution in [2.75, 3.05) is 23.4 Å². The van der Waals surface area contributed by atoms with Gasteiger partial charge in [-0.3, -0.25) is 19.7 Å². The average Bonchev–Trinajstić information content (AvgIpc) is 3.65. The third-order valence-corrected chi connectivity index (χ3v) is 12.7. The second kappa shape index (κ2) is 16.9. The van der Waals surface area contributed by atoms with E-state index in [2.05, 4.69) is 5.32 Å². The van der Waals surface area contributed by atoms with E-state index in [1.54, 1.807) is 4.68 Å². The van der Waals surface area contributed by atoms with Gasteiger partial charge in [0.25, 0.3) is 11.6 Å². The molecule has 1 saturated heterocycles. The van der Waals surface area contributed by atoms with Crippen LogP contribution in [0, 0.1) is 15.9 Å². The number of hydrogen-bond acceptors (Lipinski definition) is 8. The highest BCUT2D eigenvalue weighted by Crippen LogP contribution is 2.44. The molecule has 0 atom stereocenters. The van der Waals surface area contributed by atoms with E-state index < -0.39 is 67.1 Å². The lowest BCUT2D eigenvalue weighted by molar-refractivity contribution is -0.384. The number of nitrogens with one attached hydrogen (secondary N) is 1. The quantitative estimate of drug-likeness (QED) is 0.0585. The first kappa shape index (κ1) is 42.5. The second-order valence-electron chi connectivity index (χ2n) is 14.6. The van der Waals surface area contributed by atoms with E-state index >= 15 is 0 Å². The van der Waals surface area contributed by atoms with E-state index in [0.29, 0.717) is 21.6 Å². The van der Waals surface area contributed by atoms with Crippen LogP contribution in [0.5, 0.6) is 0 Å². The number of anilines is 2. The molecule has 1 aliphatic rings. The second-order valence-corrected chi connectivity index (χ2v) is 16.6. The average molecular weight is 878 g/mol. The van der Waals surface area contributed by atoms with Crippen molar-refractivity contribution in [1.29, 1.82) is 0 Å². The summed E-state index contributed by atoms with van der Waals surface area (Å²) in [5, 5.41) is 19.7. The summed E-state index contributed by atoms with van der Waals surface area (Å²) in [6.45, 7) is -0.0297. The molecule has 0 aliphatic carbocycles. The minimum absolute atomic E-state index is 0.0148. The Morgan fingerprint density at radius 1 is 0.762 bits per heavy atom. The summed E-state index contributed by atoms with van der Waals surface area (Å²) in [7, 11) is -4.41. The Morgan fingerprint density at radius 3 is 1.87 bits per heavy atom. The van der Waals surface area contributed by atoms with Crippen LogP contribution in [0.2, 0.25) is 0 Å². The molecule has 8 rings (SSSR count). The van der Waals surface area contributed by atoms with Gasteiger partial charge in [-0.15, -0.1) is 0 Å². The Morgan fingerprint density at radius 2 is 1.33 bits per heavy atom. The van der Waals surface area contributed by atoms with Crippen molar-refractivity contribution in [3.8, 4) is 0 Å². The molecule has 0 radical (unpaired) electrons. The number of nitro groups is 1. The standard InChI is InChI=1S/C46H35F4N5O7S/c47-33-17-10-18-36(27-33)63(60,61)37-20-22-40-39(29-37)42(52-54(40)45(30-11-4-1-5-12-30,31-13-6-2-7-14-31)32-15-8-3-9-16-32)51-43(56)38-21-19-35(55(58)59)28-41(38)53(44(57)46(48,49)50)34-23-25-62-26-24-34/h1-22,27-29,34H,23-26H2,(H,51,52,56). The van der Waals surface area contributed by atoms with E-state index in [4.69, 9.17) is 9.84 Å². The van der Waals surface area contributed by atoms with Gasteiger partial charge in [0.1, 0.15) is 11.4 Å². The minimum Gasteiger partial charge on any atom is -0.381 e. The zero-order valence-electron chi connectivity index (χ0n) is 32.9. The zero-order valence-corrected chi connectivity index (χ0v) is 33.7. The molecular weight excluding hydrogens is 843 g/mol. The molecule has 6 aromatic carbocycles. The fourth-order valence-corrected chi connectivity index (χ4v) is 9.36. The van der Waals surface area contributed by atoms with E-state index in [1.807, 2.05) is 91.0 Å². The van der Waals surface area contributed by atoms with E-state index in [0.717, 1.165) is 30.3 Å². The monoisotopic (exact) mass is 877 g/mol. The number of amides is 2. The number of nitro benzene ring substituents is 1. The number of carbonyl (C=O) groups excluding carboxylic acids is 2. The zero-order chi connectivity index (χ0) is 44.5. The molecule has 63 heavy (non-hydrogen) atoms. The summed E-state index contributed by atoms with van der Waals surface area (Å²) in [4.78, 5) is 38.7. The summed E-state index contributed by atoms with van der Waals surface area (Å²) >= 11 is 0. The molecule has 1 N–H and O–H groups in total. The van der Waals surface area contributed by atoms with Crippen molar-refractivity contribution < 1.29 is 45.2 Å². The van der Waals surface area contributed by atoms with Gasteiger partial charge in [0.05, 0.1) is 31.5 Å². The lowest BCUT2D eigenvalue weighted by Crippen LogP contribution is -2.50. The number of non-ortho nitro benzene ring substituents is 1. The molecule has 1 aliphatic heterocycles. The Hall–Kier alpha value is -7.24. The van der Waals surface area contributed by atoms with Crippen molar-refractivity contribution >= 4 is 49.7 Å². The fraction of sp³-hybridized carbons (Fsp3) is 0.152. The Bertz CT molecular complexity index is 2870. The maximum atomic E-state index is 14.7. The molecule has 0 saturated carbocycles. The van der Waals surface area contributed by atoms with Crippen molar-refractivity contribution in [2.24, 2.45) is 0 Å². The first-order chi connectivity index (χ1) is 30.2. The number of rotatable bonds is 11. The number of benzene rings is 6. The molecular formula is C46H35F4N5O7S. The lowest BCUT2D eigenvalue weighted by atomic mass is 9.77. The Balaban J connectivity index is 1.39. The van der Waals surface area contributed by atoms with Gasteiger partial charge in [-0.2, -0.15) is 18.3 Å². The highest BCUT2D eigenvalue weighted by Gasteiger charge is 2.47. The van der Waals surface area contributed by atoms with E-state index in [1.165, 1.54) is 30.3 Å². The Labute approximate surface area is 357 Å². The van der Waals surface area contributed by atoms with Crippen molar-refractivity contribution in [3.05, 3.63) is 190 Å². The SMILES string of the molecule is O=C(Nc1nn(C(c2ccccc2)(c2ccccc2)c2ccccc2)c2ccc(S(=O)(=O)c3cccc(F)c3)cc12)c1ccc([N+](=O)[O-])cc1N(C(=O)C(F)(F)F)C1CCOCC1. The van der Waals surface area contributed by atoms with Gasteiger partial charge in [-0.25, -0.2) is 17.5 Å². The molecule has 320 valence electrons. The molecule has 7 aromatic rings. The van der Waals surface area contributed by atoms with Crippen LogP contribution in [0.3, 0.4) is 0 Å². The molecule has 1 aromatic heterocycles. The third-order valence-electron chi connectivity index (χ3n) is 10.9. The molecule has 2 amide bonds. The summed E-state index contributed by atoms with van der Waals surface area (Å²) in [6, 6.07) is 37.6. The van der Waals surface area contributed by atoms with Gasteiger partial charge in [0, 0.05) is 36.8 Å².